The smallest absolute Gasteiger partial charge is 0.235 e. The number of rotatable bonds is 7. The van der Waals surface area contributed by atoms with Crippen LogP contribution in [0.4, 0.5) is 0 Å². The van der Waals surface area contributed by atoms with Crippen LogP contribution >= 0.6 is 0 Å². The Bertz CT molecular complexity index is 338. The van der Waals surface area contributed by atoms with Crippen molar-refractivity contribution >= 4 is 15.9 Å². The molecule has 0 saturated heterocycles. The van der Waals surface area contributed by atoms with Gasteiger partial charge in [-0.25, -0.2) is 8.42 Å². The van der Waals surface area contributed by atoms with Crippen molar-refractivity contribution < 1.29 is 13.2 Å². The van der Waals surface area contributed by atoms with Crippen LogP contribution in [0.2, 0.25) is 0 Å². The number of sulfonamides is 1. The Morgan fingerprint density at radius 2 is 2.12 bits per heavy atom. The zero-order chi connectivity index (χ0) is 12.2. The van der Waals surface area contributed by atoms with Crippen LogP contribution in [0.5, 0.6) is 0 Å². The van der Waals surface area contributed by atoms with E-state index < -0.39 is 10.0 Å². The Hall–Kier alpha value is -0.660. The largest absolute Gasteiger partial charge is 0.352 e. The van der Waals surface area contributed by atoms with Gasteiger partial charge in [-0.2, -0.15) is 4.31 Å². The first kappa shape index (κ1) is 13.4. The molecule has 0 aromatic carbocycles. The summed E-state index contributed by atoms with van der Waals surface area (Å²) in [6.45, 7) is 0.227. The molecule has 0 spiro atoms. The lowest BCUT2D eigenvalue weighted by Gasteiger charge is -2.16. The summed E-state index contributed by atoms with van der Waals surface area (Å²) in [5, 5.41) is 2.74. The maximum absolute atomic E-state index is 11.6. The minimum Gasteiger partial charge on any atom is -0.352 e. The molecule has 0 heterocycles. The van der Waals surface area contributed by atoms with Gasteiger partial charge in [-0.1, -0.05) is 0 Å². The summed E-state index contributed by atoms with van der Waals surface area (Å²) in [6, 6.07) is 0.257. The van der Waals surface area contributed by atoms with E-state index in [-0.39, 0.29) is 24.2 Å². The number of carbonyl (C=O) groups excluding carboxylic acids is 1. The lowest BCUT2D eigenvalue weighted by molar-refractivity contribution is -0.121. The number of carbonyl (C=O) groups is 1. The Labute approximate surface area is 96.2 Å². The lowest BCUT2D eigenvalue weighted by Crippen LogP contribution is -2.40. The molecular formula is C9H19N3O3S. The van der Waals surface area contributed by atoms with E-state index in [0.717, 1.165) is 17.1 Å². The van der Waals surface area contributed by atoms with Crippen molar-refractivity contribution in [2.45, 2.75) is 25.3 Å². The fourth-order valence-corrected chi connectivity index (χ4v) is 2.38. The average Bonchev–Trinajstić information content (AvgIpc) is 2.98. The highest BCUT2D eigenvalue weighted by Crippen LogP contribution is 2.18. The molecular weight excluding hydrogens is 230 g/mol. The van der Waals surface area contributed by atoms with Crippen LogP contribution in [-0.2, 0) is 14.8 Å². The molecule has 0 aliphatic heterocycles. The zero-order valence-corrected chi connectivity index (χ0v) is 10.3. The third kappa shape index (κ3) is 4.46. The highest BCUT2D eigenvalue weighted by atomic mass is 32.2. The Kier molecular flexibility index (Phi) is 4.69. The molecule has 1 fully saturated rings. The molecule has 16 heavy (non-hydrogen) atoms. The van der Waals surface area contributed by atoms with E-state index >= 15 is 0 Å². The first-order chi connectivity index (χ1) is 7.45. The SMILES string of the molecule is CN(CC(=O)NC1CC1)S(=O)(=O)CCCN. The van der Waals surface area contributed by atoms with E-state index in [1.54, 1.807) is 0 Å². The van der Waals surface area contributed by atoms with Crippen LogP contribution in [0.3, 0.4) is 0 Å². The zero-order valence-electron chi connectivity index (χ0n) is 9.48. The topological polar surface area (TPSA) is 92.5 Å². The summed E-state index contributed by atoms with van der Waals surface area (Å²) in [6.07, 6.45) is 2.40. The fourth-order valence-electron chi connectivity index (χ4n) is 1.22. The quantitative estimate of drug-likeness (QED) is 0.597. The van der Waals surface area contributed by atoms with Crippen molar-refractivity contribution in [2.75, 3.05) is 25.9 Å². The summed E-state index contributed by atoms with van der Waals surface area (Å²) in [7, 11) is -1.93. The van der Waals surface area contributed by atoms with Crippen LogP contribution in [0.15, 0.2) is 0 Å². The second kappa shape index (κ2) is 5.60. The van der Waals surface area contributed by atoms with Crippen LogP contribution in [0.25, 0.3) is 0 Å². The maximum atomic E-state index is 11.6. The Balaban J connectivity index is 2.36. The van der Waals surface area contributed by atoms with Gasteiger partial charge in [0.1, 0.15) is 0 Å². The number of nitrogens with two attached hydrogens (primary N) is 1. The number of hydrogen-bond donors (Lipinski definition) is 2. The Morgan fingerprint density at radius 1 is 1.50 bits per heavy atom. The highest BCUT2D eigenvalue weighted by molar-refractivity contribution is 7.89. The van der Waals surface area contributed by atoms with Crippen molar-refractivity contribution in [1.82, 2.24) is 9.62 Å². The average molecular weight is 249 g/mol. The van der Waals surface area contributed by atoms with Gasteiger partial charge in [-0.15, -0.1) is 0 Å². The molecule has 0 aromatic rings. The number of likely N-dealkylation sites (N-methyl/N-ethyl adjacent to an activating group) is 1. The molecule has 0 atom stereocenters. The number of hydrogen-bond acceptors (Lipinski definition) is 4. The first-order valence-corrected chi connectivity index (χ1v) is 7.00. The molecule has 94 valence electrons. The molecule has 1 aliphatic carbocycles. The summed E-state index contributed by atoms with van der Waals surface area (Å²) in [5.74, 6) is -0.238. The molecule has 0 aromatic heterocycles. The lowest BCUT2D eigenvalue weighted by atomic mass is 10.5. The van der Waals surface area contributed by atoms with Crippen LogP contribution in [0.1, 0.15) is 19.3 Å². The number of nitrogens with one attached hydrogen (secondary N) is 1. The van der Waals surface area contributed by atoms with E-state index in [1.807, 2.05) is 0 Å². The minimum atomic E-state index is -3.34. The molecule has 1 aliphatic rings. The van der Waals surface area contributed by atoms with Gasteiger partial charge in [0.25, 0.3) is 0 Å². The van der Waals surface area contributed by atoms with Crippen molar-refractivity contribution in [3.8, 4) is 0 Å². The normalized spacial score (nSPS) is 16.4. The predicted molar refractivity (Wildman–Crippen MR) is 61.3 cm³/mol. The van der Waals surface area contributed by atoms with Gasteiger partial charge < -0.3 is 11.1 Å². The first-order valence-electron chi connectivity index (χ1n) is 5.39. The van der Waals surface area contributed by atoms with E-state index in [1.165, 1.54) is 7.05 Å². The maximum Gasteiger partial charge on any atom is 0.235 e. The van der Waals surface area contributed by atoms with Gasteiger partial charge in [-0.3, -0.25) is 4.79 Å². The summed E-state index contributed by atoms with van der Waals surface area (Å²) in [4.78, 5) is 11.4. The van der Waals surface area contributed by atoms with Crippen LogP contribution in [0, 0.1) is 0 Å². The van der Waals surface area contributed by atoms with E-state index in [0.29, 0.717) is 13.0 Å². The van der Waals surface area contributed by atoms with Crippen molar-refractivity contribution in [3.63, 3.8) is 0 Å². The van der Waals surface area contributed by atoms with Crippen LogP contribution < -0.4 is 11.1 Å². The van der Waals surface area contributed by atoms with E-state index in [2.05, 4.69) is 5.32 Å². The second-order valence-corrected chi connectivity index (χ2v) is 6.25. The minimum absolute atomic E-state index is 0.00327. The molecule has 0 unspecified atom stereocenters. The molecule has 6 nitrogen and oxygen atoms in total. The van der Waals surface area contributed by atoms with Gasteiger partial charge in [0, 0.05) is 13.1 Å². The monoisotopic (exact) mass is 249 g/mol. The molecule has 0 bridgehead atoms. The molecule has 1 rings (SSSR count). The number of amides is 1. The van der Waals surface area contributed by atoms with E-state index in [4.69, 9.17) is 5.73 Å². The standard InChI is InChI=1S/C9H19N3O3S/c1-12(16(14,15)6-2-5-10)7-9(13)11-8-3-4-8/h8H,2-7,10H2,1H3,(H,11,13). The Morgan fingerprint density at radius 3 is 2.62 bits per heavy atom. The molecule has 3 N–H and O–H groups in total. The summed E-state index contributed by atoms with van der Waals surface area (Å²) < 4.78 is 24.3. The van der Waals surface area contributed by atoms with Gasteiger partial charge in [0.15, 0.2) is 0 Å². The number of nitrogens with zero attached hydrogens (tertiary/aromatic N) is 1. The van der Waals surface area contributed by atoms with E-state index in [9.17, 15) is 13.2 Å². The van der Waals surface area contributed by atoms with Gasteiger partial charge >= 0.3 is 0 Å². The summed E-state index contributed by atoms with van der Waals surface area (Å²) in [5.41, 5.74) is 5.25. The summed E-state index contributed by atoms with van der Waals surface area (Å²) >= 11 is 0. The van der Waals surface area contributed by atoms with Crippen LogP contribution in [-0.4, -0.2) is 50.6 Å². The fraction of sp³-hybridized carbons (Fsp3) is 0.889. The molecule has 0 radical (unpaired) electrons. The second-order valence-electron chi connectivity index (χ2n) is 4.06. The van der Waals surface area contributed by atoms with Gasteiger partial charge in [0.2, 0.25) is 15.9 Å². The molecule has 1 saturated carbocycles. The predicted octanol–water partition coefficient (Wildman–Crippen LogP) is -1.12. The third-order valence-electron chi connectivity index (χ3n) is 2.39. The van der Waals surface area contributed by atoms with Crippen molar-refractivity contribution in [3.05, 3.63) is 0 Å². The van der Waals surface area contributed by atoms with Crippen molar-refractivity contribution in [1.29, 1.82) is 0 Å². The highest BCUT2D eigenvalue weighted by Gasteiger charge is 2.25. The van der Waals surface area contributed by atoms with Gasteiger partial charge in [-0.05, 0) is 25.8 Å². The van der Waals surface area contributed by atoms with Crippen molar-refractivity contribution in [2.24, 2.45) is 5.73 Å². The third-order valence-corrected chi connectivity index (χ3v) is 4.27. The molecule has 7 heteroatoms. The molecule has 1 amide bonds. The van der Waals surface area contributed by atoms with Gasteiger partial charge in [0.05, 0.1) is 12.3 Å².